The summed E-state index contributed by atoms with van der Waals surface area (Å²) in [7, 11) is 0. The van der Waals surface area contributed by atoms with Crippen molar-refractivity contribution in [3.05, 3.63) is 23.1 Å². The van der Waals surface area contributed by atoms with E-state index in [-0.39, 0.29) is 24.8 Å². The van der Waals surface area contributed by atoms with Crippen LogP contribution in [0, 0.1) is 5.92 Å². The Labute approximate surface area is 131 Å². The van der Waals surface area contributed by atoms with E-state index in [2.05, 4.69) is 10.2 Å². The Morgan fingerprint density at radius 3 is 2.37 bits per heavy atom. The molecule has 1 aromatic heterocycles. The quantitative estimate of drug-likeness (QED) is 0.920. The maximum Gasteiger partial charge on any atom is 0.193 e. The van der Waals surface area contributed by atoms with Crippen molar-refractivity contribution in [2.24, 2.45) is 5.92 Å². The van der Waals surface area contributed by atoms with Gasteiger partial charge in [-0.05, 0) is 42.5 Å². The van der Waals surface area contributed by atoms with Crippen molar-refractivity contribution >= 4 is 36.4 Å². The van der Waals surface area contributed by atoms with Crippen LogP contribution in [0.25, 0.3) is 0 Å². The maximum atomic E-state index is 5.91. The highest BCUT2D eigenvalue weighted by molar-refractivity contribution is 6.28. The Morgan fingerprint density at radius 1 is 1.21 bits per heavy atom. The highest BCUT2D eigenvalue weighted by atomic mass is 35.5. The molecule has 3 nitrogen and oxygen atoms in total. The fourth-order valence-electron chi connectivity index (χ4n) is 2.91. The molecule has 0 amide bonds. The average molecular weight is 328 g/mol. The van der Waals surface area contributed by atoms with Crippen molar-refractivity contribution in [3.8, 4) is 0 Å². The molecule has 1 saturated carbocycles. The van der Waals surface area contributed by atoms with Gasteiger partial charge in [0.05, 0.1) is 6.04 Å². The SMILES string of the molecule is Cl.Cl.Clc1ccc([C@H](C2CCC2)N2CCNCC2)o1. The van der Waals surface area contributed by atoms with Crippen LogP contribution in [0.15, 0.2) is 16.5 Å². The zero-order valence-corrected chi connectivity index (χ0v) is 13.2. The summed E-state index contributed by atoms with van der Waals surface area (Å²) < 4.78 is 5.66. The summed E-state index contributed by atoms with van der Waals surface area (Å²) in [6.45, 7) is 4.38. The van der Waals surface area contributed by atoms with Gasteiger partial charge in [-0.15, -0.1) is 24.8 Å². The van der Waals surface area contributed by atoms with E-state index in [1.165, 1.54) is 19.3 Å². The second-order valence-electron chi connectivity index (χ2n) is 5.06. The Morgan fingerprint density at radius 2 is 1.89 bits per heavy atom. The molecule has 2 fully saturated rings. The number of nitrogens with zero attached hydrogens (tertiary/aromatic N) is 1. The molecule has 1 saturated heterocycles. The standard InChI is InChI=1S/C13H19ClN2O.2ClH/c14-12-5-4-11(17-12)13(10-2-1-3-10)16-8-6-15-7-9-16;;/h4-5,10,13,15H,1-3,6-9H2;2*1H/t13-;;/m0../s1. The summed E-state index contributed by atoms with van der Waals surface area (Å²) in [6, 6.07) is 4.36. The van der Waals surface area contributed by atoms with E-state index in [0.29, 0.717) is 11.3 Å². The predicted octanol–water partition coefficient (Wildman–Crippen LogP) is 3.52. The Bertz CT molecular complexity index is 376. The molecule has 1 aliphatic heterocycles. The van der Waals surface area contributed by atoms with Crippen molar-refractivity contribution in [1.29, 1.82) is 0 Å². The molecule has 1 aromatic rings. The smallest absolute Gasteiger partial charge is 0.193 e. The van der Waals surface area contributed by atoms with Crippen LogP contribution in [-0.4, -0.2) is 31.1 Å². The number of hydrogen-bond donors (Lipinski definition) is 1. The van der Waals surface area contributed by atoms with Crippen molar-refractivity contribution in [1.82, 2.24) is 10.2 Å². The molecule has 0 bridgehead atoms. The third-order valence-electron chi connectivity index (χ3n) is 4.03. The molecule has 19 heavy (non-hydrogen) atoms. The highest BCUT2D eigenvalue weighted by Gasteiger charge is 2.35. The van der Waals surface area contributed by atoms with Gasteiger partial charge < -0.3 is 9.73 Å². The van der Waals surface area contributed by atoms with Crippen LogP contribution < -0.4 is 5.32 Å². The van der Waals surface area contributed by atoms with Gasteiger partial charge >= 0.3 is 0 Å². The summed E-state index contributed by atoms with van der Waals surface area (Å²) in [5.41, 5.74) is 0. The number of piperazine rings is 1. The topological polar surface area (TPSA) is 28.4 Å². The number of hydrogen-bond acceptors (Lipinski definition) is 3. The second kappa shape index (κ2) is 7.75. The molecule has 0 unspecified atom stereocenters. The third-order valence-corrected chi connectivity index (χ3v) is 4.23. The van der Waals surface area contributed by atoms with E-state index >= 15 is 0 Å². The van der Waals surface area contributed by atoms with Crippen molar-refractivity contribution in [2.45, 2.75) is 25.3 Å². The van der Waals surface area contributed by atoms with Gasteiger partial charge in [-0.25, -0.2) is 0 Å². The van der Waals surface area contributed by atoms with Crippen LogP contribution in [0.4, 0.5) is 0 Å². The molecule has 2 aliphatic rings. The third kappa shape index (κ3) is 3.79. The fourth-order valence-corrected chi connectivity index (χ4v) is 3.07. The maximum absolute atomic E-state index is 5.91. The van der Waals surface area contributed by atoms with Gasteiger partial charge in [-0.1, -0.05) is 6.42 Å². The van der Waals surface area contributed by atoms with E-state index < -0.39 is 0 Å². The van der Waals surface area contributed by atoms with Crippen molar-refractivity contribution < 1.29 is 4.42 Å². The summed E-state index contributed by atoms with van der Waals surface area (Å²) >= 11 is 5.91. The van der Waals surface area contributed by atoms with Gasteiger partial charge in [-0.3, -0.25) is 4.90 Å². The summed E-state index contributed by atoms with van der Waals surface area (Å²) in [5.74, 6) is 1.82. The van der Waals surface area contributed by atoms with Crippen LogP contribution in [0.1, 0.15) is 31.1 Å². The molecule has 1 N–H and O–H groups in total. The van der Waals surface area contributed by atoms with Gasteiger partial charge in [0, 0.05) is 26.2 Å². The Kier molecular flexibility index (Phi) is 6.98. The predicted molar refractivity (Wildman–Crippen MR) is 82.7 cm³/mol. The number of nitrogens with one attached hydrogen (secondary N) is 1. The van der Waals surface area contributed by atoms with Gasteiger partial charge in [0.2, 0.25) is 0 Å². The van der Waals surface area contributed by atoms with Gasteiger partial charge in [0.25, 0.3) is 0 Å². The first-order chi connectivity index (χ1) is 8.34. The normalized spacial score (nSPS) is 21.9. The van der Waals surface area contributed by atoms with E-state index in [0.717, 1.165) is 37.9 Å². The van der Waals surface area contributed by atoms with Gasteiger partial charge in [0.1, 0.15) is 5.76 Å². The fraction of sp³-hybridized carbons (Fsp3) is 0.692. The van der Waals surface area contributed by atoms with Crippen LogP contribution in [0.3, 0.4) is 0 Å². The number of halogens is 3. The van der Waals surface area contributed by atoms with Crippen LogP contribution >= 0.6 is 36.4 Å². The zero-order chi connectivity index (χ0) is 11.7. The Hall–Kier alpha value is 0.0700. The zero-order valence-electron chi connectivity index (χ0n) is 10.8. The monoisotopic (exact) mass is 326 g/mol. The van der Waals surface area contributed by atoms with Crippen molar-refractivity contribution in [2.75, 3.05) is 26.2 Å². The molecule has 2 heterocycles. The molecule has 6 heteroatoms. The molecule has 0 aromatic carbocycles. The molecular formula is C13H21Cl3N2O. The lowest BCUT2D eigenvalue weighted by atomic mass is 9.78. The minimum Gasteiger partial charge on any atom is -0.448 e. The van der Waals surface area contributed by atoms with E-state index in [4.69, 9.17) is 16.0 Å². The largest absolute Gasteiger partial charge is 0.448 e. The van der Waals surface area contributed by atoms with Crippen LogP contribution in [0.5, 0.6) is 0 Å². The first-order valence-corrected chi connectivity index (χ1v) is 6.92. The van der Waals surface area contributed by atoms with E-state index in [9.17, 15) is 0 Å². The Balaban J connectivity index is 0.000000902. The molecule has 3 rings (SSSR count). The molecule has 0 radical (unpaired) electrons. The molecule has 1 atom stereocenters. The number of rotatable bonds is 3. The lowest BCUT2D eigenvalue weighted by Gasteiger charge is -2.41. The summed E-state index contributed by atoms with van der Waals surface area (Å²) in [6.07, 6.45) is 4.02. The first-order valence-electron chi connectivity index (χ1n) is 6.54. The minimum atomic E-state index is 0. The molecule has 1 aliphatic carbocycles. The van der Waals surface area contributed by atoms with Crippen LogP contribution in [-0.2, 0) is 0 Å². The van der Waals surface area contributed by atoms with Crippen LogP contribution in [0.2, 0.25) is 5.22 Å². The lowest BCUT2D eigenvalue weighted by molar-refractivity contribution is 0.0686. The van der Waals surface area contributed by atoms with Gasteiger partial charge in [-0.2, -0.15) is 0 Å². The van der Waals surface area contributed by atoms with Crippen molar-refractivity contribution in [3.63, 3.8) is 0 Å². The minimum absolute atomic E-state index is 0. The van der Waals surface area contributed by atoms with Gasteiger partial charge in [0.15, 0.2) is 5.22 Å². The summed E-state index contributed by atoms with van der Waals surface area (Å²) in [5, 5.41) is 3.92. The first kappa shape index (κ1) is 17.1. The number of furan rings is 1. The summed E-state index contributed by atoms with van der Waals surface area (Å²) in [4.78, 5) is 2.55. The molecular weight excluding hydrogens is 307 g/mol. The molecule has 0 spiro atoms. The average Bonchev–Trinajstić information content (AvgIpc) is 2.71. The lowest BCUT2D eigenvalue weighted by Crippen LogP contribution is -2.47. The highest BCUT2D eigenvalue weighted by Crippen LogP contribution is 2.42. The molecule has 110 valence electrons. The van der Waals surface area contributed by atoms with E-state index in [1.807, 2.05) is 12.1 Å². The second-order valence-corrected chi connectivity index (χ2v) is 5.44. The van der Waals surface area contributed by atoms with E-state index in [1.54, 1.807) is 0 Å².